The van der Waals surface area contributed by atoms with Gasteiger partial charge in [-0.05, 0) is 43.0 Å². The zero-order valence-electron chi connectivity index (χ0n) is 12.3. The molecule has 0 radical (unpaired) electrons. The third-order valence-corrected chi connectivity index (χ3v) is 4.06. The minimum Gasteiger partial charge on any atom is -0.393 e. The monoisotopic (exact) mass is 302 g/mol. The molecule has 22 heavy (non-hydrogen) atoms. The van der Waals surface area contributed by atoms with E-state index >= 15 is 0 Å². The summed E-state index contributed by atoms with van der Waals surface area (Å²) in [4.78, 5) is 16.6. The molecular weight excluding hydrogens is 284 g/mol. The third kappa shape index (κ3) is 3.14. The van der Waals surface area contributed by atoms with E-state index in [1.165, 1.54) is 0 Å². The highest BCUT2D eigenvalue weighted by molar-refractivity contribution is 5.93. The lowest BCUT2D eigenvalue weighted by Crippen LogP contribution is -2.48. The van der Waals surface area contributed by atoms with Crippen molar-refractivity contribution in [1.29, 1.82) is 0 Å². The summed E-state index contributed by atoms with van der Waals surface area (Å²) < 4.78 is 4.57. The molecule has 0 bridgehead atoms. The Labute approximate surface area is 127 Å². The van der Waals surface area contributed by atoms with Crippen molar-refractivity contribution in [3.63, 3.8) is 0 Å². The molecule has 1 fully saturated rings. The van der Waals surface area contributed by atoms with Crippen LogP contribution in [0.3, 0.4) is 0 Å². The second-order valence-electron chi connectivity index (χ2n) is 5.69. The molecule has 7 heteroatoms. The first kappa shape index (κ1) is 14.6. The summed E-state index contributed by atoms with van der Waals surface area (Å²) in [5.74, 6) is -0.0674. The Morgan fingerprint density at radius 3 is 2.86 bits per heavy atom. The van der Waals surface area contributed by atoms with Crippen LogP contribution in [0.2, 0.25) is 0 Å². The van der Waals surface area contributed by atoms with Gasteiger partial charge in [-0.1, -0.05) is 11.2 Å². The molecule has 2 N–H and O–H groups in total. The predicted octanol–water partition coefficient (Wildman–Crippen LogP) is 0.885. The summed E-state index contributed by atoms with van der Waals surface area (Å²) in [5.41, 5.74) is 1.57. The molecule has 7 nitrogen and oxygen atoms in total. The fraction of sp³-hybridized carbons (Fsp3) is 0.467. The quantitative estimate of drug-likeness (QED) is 0.850. The van der Waals surface area contributed by atoms with Gasteiger partial charge in [0.05, 0.1) is 6.10 Å². The molecule has 0 aliphatic heterocycles. The summed E-state index contributed by atoms with van der Waals surface area (Å²) in [6, 6.07) is 5.61. The van der Waals surface area contributed by atoms with Crippen LogP contribution in [0.4, 0.5) is 0 Å². The Morgan fingerprint density at radius 1 is 1.45 bits per heavy atom. The van der Waals surface area contributed by atoms with Gasteiger partial charge < -0.3 is 10.4 Å². The van der Waals surface area contributed by atoms with E-state index in [4.69, 9.17) is 0 Å². The molecule has 1 aliphatic carbocycles. The highest BCUT2D eigenvalue weighted by atomic mass is 16.6. The van der Waals surface area contributed by atoms with E-state index in [0.29, 0.717) is 25.0 Å². The lowest BCUT2D eigenvalue weighted by Gasteiger charge is -2.37. The second-order valence-corrected chi connectivity index (χ2v) is 5.69. The Kier molecular flexibility index (Phi) is 4.15. The third-order valence-electron chi connectivity index (χ3n) is 4.06. The van der Waals surface area contributed by atoms with E-state index in [0.717, 1.165) is 5.69 Å². The molecule has 0 spiro atoms. The number of carbonyl (C=O) groups excluding carboxylic acids is 1. The van der Waals surface area contributed by atoms with Crippen LogP contribution in [-0.4, -0.2) is 38.5 Å². The number of aliphatic hydroxyl groups is 1. The van der Waals surface area contributed by atoms with Crippen molar-refractivity contribution in [2.75, 3.05) is 0 Å². The first-order valence-electron chi connectivity index (χ1n) is 7.31. The summed E-state index contributed by atoms with van der Waals surface area (Å²) in [6.07, 6.45) is 3.45. The highest BCUT2D eigenvalue weighted by Gasteiger charge is 2.35. The van der Waals surface area contributed by atoms with Gasteiger partial charge >= 0.3 is 0 Å². The van der Waals surface area contributed by atoms with E-state index in [-0.39, 0.29) is 29.7 Å². The average Bonchev–Trinajstić information content (AvgIpc) is 2.91. The smallest absolute Gasteiger partial charge is 0.275 e. The van der Waals surface area contributed by atoms with Crippen molar-refractivity contribution >= 4 is 5.91 Å². The molecule has 116 valence electrons. The number of carbonyl (C=O) groups is 1. The molecule has 1 aliphatic rings. The van der Waals surface area contributed by atoms with Gasteiger partial charge in [-0.15, -0.1) is 0 Å². The molecular formula is C15H18N4O3. The van der Waals surface area contributed by atoms with Crippen LogP contribution in [-0.2, 0) is 6.42 Å². The molecule has 1 atom stereocenters. The van der Waals surface area contributed by atoms with Gasteiger partial charge in [-0.25, -0.2) is 4.63 Å². The lowest BCUT2D eigenvalue weighted by atomic mass is 9.76. The van der Waals surface area contributed by atoms with Crippen molar-refractivity contribution in [2.24, 2.45) is 5.92 Å². The van der Waals surface area contributed by atoms with Crippen molar-refractivity contribution in [3.8, 4) is 0 Å². The number of aliphatic hydroxyl groups excluding tert-OH is 1. The van der Waals surface area contributed by atoms with Crippen LogP contribution in [0, 0.1) is 12.8 Å². The minimum absolute atomic E-state index is 0.0955. The second kappa shape index (κ2) is 6.23. The largest absolute Gasteiger partial charge is 0.393 e. The number of rotatable bonds is 5. The van der Waals surface area contributed by atoms with Gasteiger partial charge in [-0.2, -0.15) is 0 Å². The Bertz CT molecular complexity index is 637. The van der Waals surface area contributed by atoms with Gasteiger partial charge in [0.25, 0.3) is 5.91 Å². The van der Waals surface area contributed by atoms with Gasteiger partial charge in [0.2, 0.25) is 0 Å². The van der Waals surface area contributed by atoms with E-state index in [2.05, 4.69) is 25.2 Å². The predicted molar refractivity (Wildman–Crippen MR) is 77.0 cm³/mol. The first-order chi connectivity index (χ1) is 10.6. The average molecular weight is 302 g/mol. The Balaban J connectivity index is 1.71. The van der Waals surface area contributed by atoms with Gasteiger partial charge in [0, 0.05) is 24.4 Å². The van der Waals surface area contributed by atoms with Crippen LogP contribution in [0.5, 0.6) is 0 Å². The maximum absolute atomic E-state index is 12.3. The van der Waals surface area contributed by atoms with Crippen molar-refractivity contribution in [1.82, 2.24) is 20.6 Å². The van der Waals surface area contributed by atoms with Gasteiger partial charge in [0.15, 0.2) is 5.69 Å². The molecule has 0 saturated heterocycles. The number of nitrogens with zero attached hydrogens (tertiary/aromatic N) is 3. The summed E-state index contributed by atoms with van der Waals surface area (Å²) >= 11 is 0. The van der Waals surface area contributed by atoms with Crippen LogP contribution in [0.15, 0.2) is 29.0 Å². The van der Waals surface area contributed by atoms with Gasteiger partial charge in [-0.3, -0.25) is 9.78 Å². The highest BCUT2D eigenvalue weighted by Crippen LogP contribution is 2.31. The van der Waals surface area contributed by atoms with E-state index < -0.39 is 0 Å². The maximum Gasteiger partial charge on any atom is 0.275 e. The number of hydrogen-bond donors (Lipinski definition) is 2. The Morgan fingerprint density at radius 2 is 2.27 bits per heavy atom. The molecule has 0 aromatic carbocycles. The number of hydrogen-bond acceptors (Lipinski definition) is 6. The number of amides is 1. The maximum atomic E-state index is 12.3. The fourth-order valence-corrected chi connectivity index (χ4v) is 2.71. The van der Waals surface area contributed by atoms with Crippen molar-refractivity contribution < 1.29 is 14.5 Å². The Hall–Kier alpha value is -2.28. The summed E-state index contributed by atoms with van der Waals surface area (Å²) in [7, 11) is 0. The van der Waals surface area contributed by atoms with Crippen molar-refractivity contribution in [2.45, 2.75) is 38.3 Å². The molecule has 1 unspecified atom stereocenters. The zero-order chi connectivity index (χ0) is 15.5. The number of aromatic nitrogens is 3. The lowest BCUT2D eigenvalue weighted by molar-refractivity contribution is 0.0236. The molecule has 1 saturated carbocycles. The molecule has 2 heterocycles. The van der Waals surface area contributed by atoms with E-state index in [1.54, 1.807) is 13.1 Å². The fourth-order valence-electron chi connectivity index (χ4n) is 2.71. The topological polar surface area (TPSA) is 101 Å². The number of aryl methyl sites for hydroxylation is 1. The SMILES string of the molecule is Cc1nonc1C(=O)NC(Cc1ccccn1)C1CC(O)C1. The zero-order valence-corrected chi connectivity index (χ0v) is 12.3. The van der Waals surface area contributed by atoms with Gasteiger partial charge in [0.1, 0.15) is 5.69 Å². The summed E-state index contributed by atoms with van der Waals surface area (Å²) in [6.45, 7) is 1.67. The normalized spacial score (nSPS) is 21.9. The number of nitrogens with one attached hydrogen (secondary N) is 1. The minimum atomic E-state index is -0.305. The molecule has 1 amide bonds. The molecule has 2 aromatic heterocycles. The standard InChI is InChI=1S/C15H18N4O3/c1-9-14(19-22-18-9)15(21)17-13(10-6-12(20)7-10)8-11-4-2-3-5-16-11/h2-5,10,12-13,20H,6-8H2,1H3,(H,17,21). The summed E-state index contributed by atoms with van der Waals surface area (Å²) in [5, 5.41) is 19.8. The van der Waals surface area contributed by atoms with Crippen molar-refractivity contribution in [3.05, 3.63) is 41.5 Å². The van der Waals surface area contributed by atoms with Crippen LogP contribution in [0.25, 0.3) is 0 Å². The number of pyridine rings is 1. The van der Waals surface area contributed by atoms with Crippen LogP contribution in [0.1, 0.15) is 34.7 Å². The molecule has 2 aromatic rings. The first-order valence-corrected chi connectivity index (χ1v) is 7.31. The van der Waals surface area contributed by atoms with E-state index in [9.17, 15) is 9.90 Å². The van der Waals surface area contributed by atoms with E-state index in [1.807, 2.05) is 18.2 Å². The van der Waals surface area contributed by atoms with Crippen LogP contribution < -0.4 is 5.32 Å². The molecule has 3 rings (SSSR count). The van der Waals surface area contributed by atoms with Crippen LogP contribution >= 0.6 is 0 Å².